The number of aromatic nitrogens is 1. The van der Waals surface area contributed by atoms with Crippen molar-refractivity contribution in [3.8, 4) is 5.75 Å². The minimum absolute atomic E-state index is 0.0334. The van der Waals surface area contributed by atoms with Crippen LogP contribution in [0.5, 0.6) is 5.75 Å². The lowest BCUT2D eigenvalue weighted by Crippen LogP contribution is -2.49. The van der Waals surface area contributed by atoms with Crippen LogP contribution in [0.25, 0.3) is 10.9 Å². The summed E-state index contributed by atoms with van der Waals surface area (Å²) in [5.74, 6) is -1.02. The summed E-state index contributed by atoms with van der Waals surface area (Å²) in [4.78, 5) is 30.7. The van der Waals surface area contributed by atoms with Gasteiger partial charge < -0.3 is 20.3 Å². The molecule has 4 aromatic rings. The normalized spacial score (nSPS) is 11.8. The molecular formula is C26H24FN3O3. The SMILES string of the molecule is CN(C(=O)[C@H](Cc1ccccc1)NC(=O)Cc1c[nH]c2ccc(O)cc12)c1cccc(F)c1. The van der Waals surface area contributed by atoms with Crippen molar-refractivity contribution in [2.24, 2.45) is 0 Å². The Bertz CT molecular complexity index is 1290. The number of hydrogen-bond acceptors (Lipinski definition) is 3. The third-order valence-electron chi connectivity index (χ3n) is 5.54. The molecule has 0 saturated carbocycles. The van der Waals surface area contributed by atoms with E-state index >= 15 is 0 Å². The summed E-state index contributed by atoms with van der Waals surface area (Å²) in [6, 6.07) is 19.2. The van der Waals surface area contributed by atoms with Gasteiger partial charge in [-0.3, -0.25) is 9.59 Å². The first-order valence-electron chi connectivity index (χ1n) is 10.6. The van der Waals surface area contributed by atoms with Crippen molar-refractivity contribution < 1.29 is 19.1 Å². The zero-order chi connectivity index (χ0) is 23.4. The highest BCUT2D eigenvalue weighted by atomic mass is 19.1. The average Bonchev–Trinajstić information content (AvgIpc) is 3.20. The number of likely N-dealkylation sites (N-methyl/N-ethyl adjacent to an activating group) is 1. The summed E-state index contributed by atoms with van der Waals surface area (Å²) in [5, 5.41) is 13.4. The van der Waals surface area contributed by atoms with Crippen LogP contribution in [0.15, 0.2) is 79.0 Å². The summed E-state index contributed by atoms with van der Waals surface area (Å²) >= 11 is 0. The first kappa shape index (κ1) is 22.1. The number of H-pyrrole nitrogens is 1. The van der Waals surface area contributed by atoms with E-state index in [-0.39, 0.29) is 24.0 Å². The molecule has 2 amide bonds. The summed E-state index contributed by atoms with van der Waals surface area (Å²) in [7, 11) is 1.56. The second-order valence-electron chi connectivity index (χ2n) is 7.91. The molecule has 0 fully saturated rings. The first-order chi connectivity index (χ1) is 15.9. The van der Waals surface area contributed by atoms with E-state index in [0.717, 1.165) is 16.5 Å². The van der Waals surface area contributed by atoms with Crippen LogP contribution >= 0.6 is 0 Å². The maximum Gasteiger partial charge on any atom is 0.249 e. The number of aromatic amines is 1. The van der Waals surface area contributed by atoms with Crippen LogP contribution in [0.1, 0.15) is 11.1 Å². The maximum atomic E-state index is 13.7. The van der Waals surface area contributed by atoms with Gasteiger partial charge in [-0.2, -0.15) is 0 Å². The number of halogens is 1. The Kier molecular flexibility index (Phi) is 6.40. The zero-order valence-electron chi connectivity index (χ0n) is 18.1. The molecule has 0 unspecified atom stereocenters. The number of anilines is 1. The summed E-state index contributed by atoms with van der Waals surface area (Å²) in [6.45, 7) is 0. The molecule has 168 valence electrons. The van der Waals surface area contributed by atoms with Gasteiger partial charge in [0.05, 0.1) is 6.42 Å². The Hall–Kier alpha value is -4.13. The number of phenols is 1. The predicted octanol–water partition coefficient (Wildman–Crippen LogP) is 3.95. The highest BCUT2D eigenvalue weighted by molar-refractivity contribution is 5.99. The van der Waals surface area contributed by atoms with Gasteiger partial charge in [0, 0.05) is 36.3 Å². The van der Waals surface area contributed by atoms with E-state index in [1.165, 1.54) is 23.1 Å². The molecule has 33 heavy (non-hydrogen) atoms. The molecule has 7 heteroatoms. The Morgan fingerprint density at radius 1 is 1.06 bits per heavy atom. The molecule has 1 heterocycles. The zero-order valence-corrected chi connectivity index (χ0v) is 18.1. The topological polar surface area (TPSA) is 85.4 Å². The summed E-state index contributed by atoms with van der Waals surface area (Å²) < 4.78 is 13.7. The number of rotatable bonds is 7. The number of fused-ring (bicyclic) bond motifs is 1. The van der Waals surface area contributed by atoms with E-state index in [0.29, 0.717) is 17.7 Å². The number of nitrogens with zero attached hydrogens (tertiary/aromatic N) is 1. The molecule has 1 atom stereocenters. The molecule has 0 aliphatic carbocycles. The molecule has 0 bridgehead atoms. The number of carbonyl (C=O) groups excluding carboxylic acids is 2. The van der Waals surface area contributed by atoms with Crippen LogP contribution in [-0.2, 0) is 22.4 Å². The van der Waals surface area contributed by atoms with Gasteiger partial charge >= 0.3 is 0 Å². The van der Waals surface area contributed by atoms with Crippen molar-refractivity contribution in [1.82, 2.24) is 10.3 Å². The molecular weight excluding hydrogens is 421 g/mol. The lowest BCUT2D eigenvalue weighted by atomic mass is 10.0. The van der Waals surface area contributed by atoms with E-state index < -0.39 is 11.9 Å². The third kappa shape index (κ3) is 5.20. The summed E-state index contributed by atoms with van der Waals surface area (Å²) in [5.41, 5.74) is 2.81. The fraction of sp³-hybridized carbons (Fsp3) is 0.154. The van der Waals surface area contributed by atoms with Crippen molar-refractivity contribution in [2.75, 3.05) is 11.9 Å². The largest absolute Gasteiger partial charge is 0.508 e. The van der Waals surface area contributed by atoms with Gasteiger partial charge in [0.15, 0.2) is 0 Å². The molecule has 3 aromatic carbocycles. The van der Waals surface area contributed by atoms with E-state index in [1.54, 1.807) is 37.5 Å². The molecule has 1 aromatic heterocycles. The van der Waals surface area contributed by atoms with Gasteiger partial charge in [-0.15, -0.1) is 0 Å². The lowest BCUT2D eigenvalue weighted by Gasteiger charge is -2.25. The molecule has 4 rings (SSSR count). The quantitative estimate of drug-likeness (QED) is 0.403. The van der Waals surface area contributed by atoms with E-state index in [2.05, 4.69) is 10.3 Å². The highest BCUT2D eigenvalue weighted by Crippen LogP contribution is 2.23. The first-order valence-corrected chi connectivity index (χ1v) is 10.6. The number of benzene rings is 3. The van der Waals surface area contributed by atoms with Crippen LogP contribution < -0.4 is 10.2 Å². The van der Waals surface area contributed by atoms with E-state index in [1.807, 2.05) is 30.3 Å². The monoisotopic (exact) mass is 445 g/mol. The molecule has 6 nitrogen and oxygen atoms in total. The van der Waals surface area contributed by atoms with Gasteiger partial charge in [-0.05, 0) is 47.5 Å². The van der Waals surface area contributed by atoms with Crippen molar-refractivity contribution in [2.45, 2.75) is 18.9 Å². The lowest BCUT2D eigenvalue weighted by molar-refractivity contribution is -0.127. The Morgan fingerprint density at radius 3 is 2.61 bits per heavy atom. The van der Waals surface area contributed by atoms with Crippen molar-refractivity contribution >= 4 is 28.4 Å². The van der Waals surface area contributed by atoms with Crippen LogP contribution in [0.3, 0.4) is 0 Å². The Balaban J connectivity index is 1.55. The second-order valence-corrected chi connectivity index (χ2v) is 7.91. The molecule has 0 aliphatic rings. The number of aromatic hydroxyl groups is 1. The van der Waals surface area contributed by atoms with Crippen molar-refractivity contribution in [1.29, 1.82) is 0 Å². The van der Waals surface area contributed by atoms with Crippen LogP contribution in [0.4, 0.5) is 10.1 Å². The number of carbonyl (C=O) groups is 2. The number of hydrogen-bond donors (Lipinski definition) is 3. The number of nitrogens with one attached hydrogen (secondary N) is 2. The molecule has 0 aliphatic heterocycles. The number of phenolic OH excluding ortho intramolecular Hbond substituents is 1. The molecule has 3 N–H and O–H groups in total. The third-order valence-corrected chi connectivity index (χ3v) is 5.54. The second kappa shape index (κ2) is 9.56. The van der Waals surface area contributed by atoms with E-state index in [4.69, 9.17) is 0 Å². The van der Waals surface area contributed by atoms with Crippen LogP contribution in [0, 0.1) is 5.82 Å². The van der Waals surface area contributed by atoms with E-state index in [9.17, 15) is 19.1 Å². The standard InChI is InChI=1S/C26H24FN3O3/c1-30(20-9-5-8-19(27)14-20)26(33)24(12-17-6-3-2-4-7-17)29-25(32)13-18-16-28-23-11-10-21(31)15-22(18)23/h2-11,14-16,24,28,31H,12-13H2,1H3,(H,29,32)/t24-/m0/s1. The molecule has 0 radical (unpaired) electrons. The average molecular weight is 445 g/mol. The van der Waals surface area contributed by atoms with Crippen LogP contribution in [0.2, 0.25) is 0 Å². The minimum atomic E-state index is -0.841. The van der Waals surface area contributed by atoms with Gasteiger partial charge in [0.1, 0.15) is 17.6 Å². The molecule has 0 saturated heterocycles. The molecule has 0 spiro atoms. The maximum absolute atomic E-state index is 13.7. The van der Waals surface area contributed by atoms with Crippen molar-refractivity contribution in [3.63, 3.8) is 0 Å². The van der Waals surface area contributed by atoms with Gasteiger partial charge in [-0.25, -0.2) is 4.39 Å². The fourth-order valence-corrected chi connectivity index (χ4v) is 3.83. The Labute approximate surface area is 190 Å². The summed E-state index contributed by atoms with van der Waals surface area (Å²) in [6.07, 6.45) is 2.04. The Morgan fingerprint density at radius 2 is 1.85 bits per heavy atom. The van der Waals surface area contributed by atoms with Gasteiger partial charge in [-0.1, -0.05) is 36.4 Å². The van der Waals surface area contributed by atoms with Gasteiger partial charge in [0.25, 0.3) is 0 Å². The smallest absolute Gasteiger partial charge is 0.249 e. The number of amides is 2. The fourth-order valence-electron chi connectivity index (χ4n) is 3.83. The minimum Gasteiger partial charge on any atom is -0.508 e. The van der Waals surface area contributed by atoms with Crippen LogP contribution in [-0.4, -0.2) is 35.0 Å². The van der Waals surface area contributed by atoms with Crippen molar-refractivity contribution in [3.05, 3.63) is 95.9 Å². The highest BCUT2D eigenvalue weighted by Gasteiger charge is 2.26. The van der Waals surface area contributed by atoms with Gasteiger partial charge in [0.2, 0.25) is 11.8 Å². The predicted molar refractivity (Wildman–Crippen MR) is 126 cm³/mol.